The summed E-state index contributed by atoms with van der Waals surface area (Å²) >= 11 is 0. The first-order valence-electron chi connectivity index (χ1n) is 11.2. The Hall–Kier alpha value is -2.68. The van der Waals surface area contributed by atoms with Crippen molar-refractivity contribution in [2.45, 2.75) is 43.9 Å². The number of aryl methyl sites for hydroxylation is 1. The topological polar surface area (TPSA) is 83.6 Å². The maximum absolute atomic E-state index is 13.3. The fourth-order valence-electron chi connectivity index (χ4n) is 5.15. The Morgan fingerprint density at radius 2 is 1.72 bits per heavy atom. The van der Waals surface area contributed by atoms with E-state index >= 15 is 0 Å². The van der Waals surface area contributed by atoms with E-state index in [1.165, 1.54) is 15.4 Å². The van der Waals surface area contributed by atoms with E-state index in [1.54, 1.807) is 0 Å². The minimum absolute atomic E-state index is 0.00682. The highest BCUT2D eigenvalue weighted by Gasteiger charge is 2.39. The predicted octanol–water partition coefficient (Wildman–Crippen LogP) is 3.85. The van der Waals surface area contributed by atoms with Crippen molar-refractivity contribution in [3.63, 3.8) is 0 Å². The zero-order valence-electron chi connectivity index (χ0n) is 17.7. The van der Waals surface area contributed by atoms with E-state index in [-0.39, 0.29) is 18.2 Å². The summed E-state index contributed by atoms with van der Waals surface area (Å²) in [5.41, 5.74) is 3.89. The largest absolute Gasteiger partial charge is 0.372 e. The molecule has 1 aromatic heterocycles. The van der Waals surface area contributed by atoms with Gasteiger partial charge in [0, 0.05) is 18.5 Å². The molecule has 2 N–H and O–H groups in total. The zero-order chi connectivity index (χ0) is 21.7. The Balaban J connectivity index is 1.34. The number of hydrogen-bond donors (Lipinski definition) is 2. The van der Waals surface area contributed by atoms with Gasteiger partial charge in [-0.2, -0.15) is 12.7 Å². The first-order valence-corrected chi connectivity index (χ1v) is 12.7. The maximum Gasteiger partial charge on any atom is 0.301 e. The van der Waals surface area contributed by atoms with Gasteiger partial charge in [0.15, 0.2) is 5.82 Å². The maximum atomic E-state index is 13.3. The van der Waals surface area contributed by atoms with E-state index in [1.807, 2.05) is 36.4 Å². The lowest BCUT2D eigenvalue weighted by atomic mass is 10.1. The van der Waals surface area contributed by atoms with Crippen LogP contribution in [0.5, 0.6) is 0 Å². The standard InChI is InChI=1S/C24H26N4O3S/c29-32(30,28-14-18-10-11-19(15-28)31-18)27-23-13-17-6-2-4-8-21(17)25-24(23)26-22-12-9-16-5-1-3-7-20(16)22/h1-8,13,18-19,22,27H,9-12,14-15H2,(H,25,26)/t18-,19+,22-/m1/s1. The molecule has 6 rings (SSSR count). The van der Waals surface area contributed by atoms with Gasteiger partial charge in [-0.1, -0.05) is 42.5 Å². The summed E-state index contributed by atoms with van der Waals surface area (Å²) in [5, 5.41) is 4.43. The molecule has 32 heavy (non-hydrogen) atoms. The SMILES string of the molecule is O=S(=O)(Nc1cc2ccccc2nc1N[C@@H]1CCc2ccccc21)N1C[C@H]2CC[C@@H](C1)O2. The van der Waals surface area contributed by atoms with Crippen LogP contribution in [0, 0.1) is 0 Å². The van der Waals surface area contributed by atoms with Gasteiger partial charge in [0.1, 0.15) is 0 Å². The Bertz CT molecular complexity index is 1270. The summed E-state index contributed by atoms with van der Waals surface area (Å²) in [7, 11) is -3.72. The second-order valence-corrected chi connectivity index (χ2v) is 10.6. The average Bonchev–Trinajstić information content (AvgIpc) is 3.36. The minimum atomic E-state index is -3.72. The van der Waals surface area contributed by atoms with Crippen molar-refractivity contribution in [2.75, 3.05) is 23.1 Å². The van der Waals surface area contributed by atoms with Crippen molar-refractivity contribution in [2.24, 2.45) is 0 Å². The number of para-hydroxylation sites is 1. The van der Waals surface area contributed by atoms with Crippen LogP contribution in [0.3, 0.4) is 0 Å². The molecule has 2 fully saturated rings. The van der Waals surface area contributed by atoms with Crippen LogP contribution in [0.15, 0.2) is 54.6 Å². The van der Waals surface area contributed by atoms with E-state index in [2.05, 4.69) is 28.2 Å². The molecule has 1 aliphatic carbocycles. The van der Waals surface area contributed by atoms with Crippen LogP contribution in [0.4, 0.5) is 11.5 Å². The fraction of sp³-hybridized carbons (Fsp3) is 0.375. The second-order valence-electron chi connectivity index (χ2n) is 8.89. The monoisotopic (exact) mass is 450 g/mol. The molecule has 3 heterocycles. The number of benzene rings is 2. The van der Waals surface area contributed by atoms with Crippen LogP contribution in [0.25, 0.3) is 10.9 Å². The Kier molecular flexibility index (Phi) is 4.82. The fourth-order valence-corrected chi connectivity index (χ4v) is 6.44. The number of rotatable bonds is 5. The van der Waals surface area contributed by atoms with Crippen molar-refractivity contribution in [3.8, 4) is 0 Å². The van der Waals surface area contributed by atoms with Crippen LogP contribution >= 0.6 is 0 Å². The molecule has 2 saturated heterocycles. The molecule has 0 radical (unpaired) electrons. The number of pyridine rings is 1. The molecule has 7 nitrogen and oxygen atoms in total. The van der Waals surface area contributed by atoms with Gasteiger partial charge in [-0.3, -0.25) is 4.72 Å². The molecule has 0 unspecified atom stereocenters. The molecule has 3 aromatic rings. The van der Waals surface area contributed by atoms with Gasteiger partial charge in [0.2, 0.25) is 0 Å². The Morgan fingerprint density at radius 3 is 2.56 bits per heavy atom. The number of nitrogens with one attached hydrogen (secondary N) is 2. The smallest absolute Gasteiger partial charge is 0.301 e. The summed E-state index contributed by atoms with van der Waals surface area (Å²) in [4.78, 5) is 4.80. The average molecular weight is 451 g/mol. The van der Waals surface area contributed by atoms with Crippen LogP contribution in [-0.2, 0) is 21.4 Å². The number of hydrogen-bond acceptors (Lipinski definition) is 5. The van der Waals surface area contributed by atoms with E-state index in [0.29, 0.717) is 24.6 Å². The lowest BCUT2D eigenvalue weighted by Gasteiger charge is -2.31. The van der Waals surface area contributed by atoms with E-state index in [4.69, 9.17) is 9.72 Å². The molecule has 0 spiro atoms. The summed E-state index contributed by atoms with van der Waals surface area (Å²) in [6.07, 6.45) is 3.77. The van der Waals surface area contributed by atoms with Gasteiger partial charge in [0.05, 0.1) is 29.5 Å². The molecule has 8 heteroatoms. The molecule has 3 aliphatic rings. The number of fused-ring (bicyclic) bond motifs is 4. The molecular weight excluding hydrogens is 424 g/mol. The number of ether oxygens (including phenoxy) is 1. The second kappa shape index (κ2) is 7.72. The highest BCUT2D eigenvalue weighted by atomic mass is 32.2. The van der Waals surface area contributed by atoms with E-state index in [9.17, 15) is 8.42 Å². The number of anilines is 2. The first-order chi connectivity index (χ1) is 15.5. The van der Waals surface area contributed by atoms with Crippen LogP contribution in [-0.4, -0.2) is 43.0 Å². The third-order valence-electron chi connectivity index (χ3n) is 6.76. The van der Waals surface area contributed by atoms with Gasteiger partial charge in [-0.25, -0.2) is 4.98 Å². The molecular formula is C24H26N4O3S. The minimum Gasteiger partial charge on any atom is -0.372 e. The Morgan fingerprint density at radius 1 is 0.969 bits per heavy atom. The summed E-state index contributed by atoms with van der Waals surface area (Å²) in [6, 6.07) is 18.1. The van der Waals surface area contributed by atoms with E-state index in [0.717, 1.165) is 36.6 Å². The van der Waals surface area contributed by atoms with E-state index < -0.39 is 10.2 Å². The summed E-state index contributed by atoms with van der Waals surface area (Å²) < 4.78 is 36.8. The summed E-state index contributed by atoms with van der Waals surface area (Å²) in [6.45, 7) is 0.789. The van der Waals surface area contributed by atoms with Crippen LogP contribution < -0.4 is 10.0 Å². The molecule has 0 saturated carbocycles. The lowest BCUT2D eigenvalue weighted by Crippen LogP contribution is -2.47. The lowest BCUT2D eigenvalue weighted by molar-refractivity contribution is -0.0112. The molecule has 2 aromatic carbocycles. The molecule has 0 amide bonds. The van der Waals surface area contributed by atoms with Crippen LogP contribution in [0.2, 0.25) is 0 Å². The third-order valence-corrected chi connectivity index (χ3v) is 8.21. The van der Waals surface area contributed by atoms with Crippen molar-refractivity contribution in [3.05, 3.63) is 65.7 Å². The number of aromatic nitrogens is 1. The number of morpholine rings is 1. The third kappa shape index (κ3) is 3.62. The van der Waals surface area contributed by atoms with Crippen molar-refractivity contribution in [1.29, 1.82) is 0 Å². The van der Waals surface area contributed by atoms with Crippen molar-refractivity contribution >= 4 is 32.6 Å². The summed E-state index contributed by atoms with van der Waals surface area (Å²) in [5.74, 6) is 0.560. The van der Waals surface area contributed by atoms with Crippen molar-refractivity contribution < 1.29 is 13.2 Å². The first kappa shape index (κ1) is 20.0. The molecule has 166 valence electrons. The normalized spacial score (nSPS) is 25.1. The highest BCUT2D eigenvalue weighted by molar-refractivity contribution is 7.90. The van der Waals surface area contributed by atoms with Gasteiger partial charge < -0.3 is 10.1 Å². The highest BCUT2D eigenvalue weighted by Crippen LogP contribution is 2.37. The quantitative estimate of drug-likeness (QED) is 0.617. The van der Waals surface area contributed by atoms with Gasteiger partial charge in [0.25, 0.3) is 0 Å². The molecule has 2 aliphatic heterocycles. The van der Waals surface area contributed by atoms with Crippen molar-refractivity contribution in [1.82, 2.24) is 9.29 Å². The number of nitrogens with zero attached hydrogens (tertiary/aromatic N) is 2. The van der Waals surface area contributed by atoms with Gasteiger partial charge in [-0.15, -0.1) is 0 Å². The molecule has 2 bridgehead atoms. The van der Waals surface area contributed by atoms with Gasteiger partial charge >= 0.3 is 10.2 Å². The Labute approximate surface area is 188 Å². The molecule has 3 atom stereocenters. The zero-order valence-corrected chi connectivity index (χ0v) is 18.5. The predicted molar refractivity (Wildman–Crippen MR) is 125 cm³/mol. The van der Waals surface area contributed by atoms with Gasteiger partial charge in [-0.05, 0) is 48.9 Å². The van der Waals surface area contributed by atoms with Crippen LogP contribution in [0.1, 0.15) is 36.4 Å².